The van der Waals surface area contributed by atoms with Gasteiger partial charge in [-0.25, -0.2) is 0 Å². The van der Waals surface area contributed by atoms with Crippen LogP contribution in [0.15, 0.2) is 0 Å². The Labute approximate surface area is 53.6 Å². The quantitative estimate of drug-likeness (QED) is 0.462. The molecule has 0 rings (SSSR count). The first-order chi connectivity index (χ1) is 3.41. The Hall–Kier alpha value is 0.660. The number of hydrogen-bond acceptors (Lipinski definition) is 3. The van der Waals surface area contributed by atoms with E-state index in [1.807, 2.05) is 30.6 Å². The predicted octanol–water partition coefficient (Wildman–Crippen LogP) is 1.22. The monoisotopic (exact) mass is 137 g/mol. The molecule has 0 fully saturated rings. The second-order valence-electron chi connectivity index (χ2n) is 1.11. The number of thioether (sulfide) groups is 2. The zero-order chi connectivity index (χ0) is 5.54. The van der Waals surface area contributed by atoms with Crippen molar-refractivity contribution in [3.05, 3.63) is 0 Å². The van der Waals surface area contributed by atoms with Crippen molar-refractivity contribution < 1.29 is 0 Å². The van der Waals surface area contributed by atoms with Gasteiger partial charge in [0.1, 0.15) is 0 Å². The van der Waals surface area contributed by atoms with Crippen LogP contribution in [0.1, 0.15) is 0 Å². The van der Waals surface area contributed by atoms with Crippen molar-refractivity contribution >= 4 is 23.5 Å². The molecular formula is C4H11NS2. The molecule has 0 heterocycles. The standard InChI is InChI=1S/C4H11NS2/c1-5-3-7-4-6-2/h5H,3-4H2,1-2H3. The van der Waals surface area contributed by atoms with Gasteiger partial charge in [-0.05, 0) is 13.3 Å². The Morgan fingerprint density at radius 3 is 2.71 bits per heavy atom. The van der Waals surface area contributed by atoms with Crippen LogP contribution in [0, 0.1) is 0 Å². The van der Waals surface area contributed by atoms with Crippen LogP contribution in [0.25, 0.3) is 0 Å². The summed E-state index contributed by atoms with van der Waals surface area (Å²) in [4.78, 5) is 0. The van der Waals surface area contributed by atoms with E-state index in [4.69, 9.17) is 0 Å². The molecule has 0 aliphatic rings. The zero-order valence-corrected chi connectivity index (χ0v) is 6.36. The van der Waals surface area contributed by atoms with E-state index < -0.39 is 0 Å². The lowest BCUT2D eigenvalue weighted by molar-refractivity contribution is 0.984. The van der Waals surface area contributed by atoms with Crippen LogP contribution in [-0.4, -0.2) is 24.3 Å². The topological polar surface area (TPSA) is 12.0 Å². The van der Waals surface area contributed by atoms with Gasteiger partial charge in [-0.2, -0.15) is 11.8 Å². The lowest BCUT2D eigenvalue weighted by Gasteiger charge is -1.93. The fourth-order valence-corrected chi connectivity index (χ4v) is 1.43. The highest BCUT2D eigenvalue weighted by molar-refractivity contribution is 8.15. The zero-order valence-electron chi connectivity index (χ0n) is 4.73. The Kier molecular flexibility index (Phi) is 7.29. The first-order valence-corrected chi connectivity index (χ1v) is 4.68. The highest BCUT2D eigenvalue weighted by atomic mass is 32.2. The van der Waals surface area contributed by atoms with Gasteiger partial charge in [0.2, 0.25) is 0 Å². The van der Waals surface area contributed by atoms with Crippen molar-refractivity contribution in [2.45, 2.75) is 0 Å². The number of nitrogens with one attached hydrogen (secondary N) is 1. The smallest absolute Gasteiger partial charge is 0.0423 e. The van der Waals surface area contributed by atoms with E-state index in [2.05, 4.69) is 11.6 Å². The van der Waals surface area contributed by atoms with Crippen molar-refractivity contribution in [2.24, 2.45) is 0 Å². The molecule has 0 bridgehead atoms. The van der Waals surface area contributed by atoms with E-state index >= 15 is 0 Å². The average Bonchev–Trinajstić information content (AvgIpc) is 1.69. The Morgan fingerprint density at radius 2 is 2.29 bits per heavy atom. The first kappa shape index (κ1) is 7.66. The van der Waals surface area contributed by atoms with Gasteiger partial charge in [-0.3, -0.25) is 0 Å². The minimum atomic E-state index is 1.07. The maximum absolute atomic E-state index is 3.05. The van der Waals surface area contributed by atoms with Gasteiger partial charge >= 0.3 is 0 Å². The summed E-state index contributed by atoms with van der Waals surface area (Å²) >= 11 is 3.77. The third-order valence-electron chi connectivity index (χ3n) is 0.448. The molecule has 0 aromatic carbocycles. The molecule has 3 heteroatoms. The highest BCUT2D eigenvalue weighted by Gasteiger charge is 1.78. The molecule has 1 N–H and O–H groups in total. The van der Waals surface area contributed by atoms with Gasteiger partial charge in [-0.1, -0.05) is 0 Å². The summed E-state index contributed by atoms with van der Waals surface area (Å²) in [6.45, 7) is 0. The predicted molar refractivity (Wildman–Crippen MR) is 39.9 cm³/mol. The Bertz CT molecular complexity index is 28.9. The summed E-state index contributed by atoms with van der Waals surface area (Å²) in [5.41, 5.74) is 0. The van der Waals surface area contributed by atoms with Gasteiger partial charge in [0, 0.05) is 11.0 Å². The van der Waals surface area contributed by atoms with E-state index in [1.165, 1.54) is 5.08 Å². The van der Waals surface area contributed by atoms with Crippen LogP contribution in [-0.2, 0) is 0 Å². The second-order valence-corrected chi connectivity index (χ2v) is 3.33. The van der Waals surface area contributed by atoms with Gasteiger partial charge < -0.3 is 5.32 Å². The van der Waals surface area contributed by atoms with Crippen molar-refractivity contribution in [1.82, 2.24) is 5.32 Å². The molecule has 0 unspecified atom stereocenters. The van der Waals surface area contributed by atoms with Crippen LogP contribution >= 0.6 is 23.5 Å². The molecule has 0 radical (unpaired) electrons. The Balaban J connectivity index is 2.45. The third-order valence-corrected chi connectivity index (χ3v) is 2.55. The molecule has 1 nitrogen and oxygen atoms in total. The van der Waals surface area contributed by atoms with Crippen molar-refractivity contribution in [3.63, 3.8) is 0 Å². The molecule has 44 valence electrons. The van der Waals surface area contributed by atoms with E-state index in [9.17, 15) is 0 Å². The third kappa shape index (κ3) is 6.66. The van der Waals surface area contributed by atoms with Crippen molar-refractivity contribution in [2.75, 3.05) is 24.3 Å². The van der Waals surface area contributed by atoms with E-state index in [0.717, 1.165) is 5.88 Å². The lowest BCUT2D eigenvalue weighted by Crippen LogP contribution is -2.02. The summed E-state index contributed by atoms with van der Waals surface area (Å²) in [6, 6.07) is 0. The second kappa shape index (κ2) is 6.66. The van der Waals surface area contributed by atoms with Crippen molar-refractivity contribution in [3.8, 4) is 0 Å². The summed E-state index contributed by atoms with van der Waals surface area (Å²) in [5.74, 6) is 1.07. The number of rotatable bonds is 4. The summed E-state index contributed by atoms with van der Waals surface area (Å²) in [7, 11) is 1.97. The minimum Gasteiger partial charge on any atom is -0.311 e. The summed E-state index contributed by atoms with van der Waals surface area (Å²) in [5, 5.41) is 4.25. The van der Waals surface area contributed by atoms with E-state index in [-0.39, 0.29) is 0 Å². The SMILES string of the molecule is CNCSCSC. The molecule has 0 aromatic heterocycles. The first-order valence-electron chi connectivity index (χ1n) is 2.13. The van der Waals surface area contributed by atoms with Crippen LogP contribution in [0.4, 0.5) is 0 Å². The van der Waals surface area contributed by atoms with Gasteiger partial charge in [0.05, 0.1) is 0 Å². The molecule has 0 aliphatic carbocycles. The molecule has 0 aromatic rings. The molecule has 7 heavy (non-hydrogen) atoms. The lowest BCUT2D eigenvalue weighted by atomic mass is 11.3. The Morgan fingerprint density at radius 1 is 1.57 bits per heavy atom. The average molecular weight is 137 g/mol. The fraction of sp³-hybridized carbons (Fsp3) is 1.00. The summed E-state index contributed by atoms with van der Waals surface area (Å²) in [6.07, 6.45) is 2.11. The molecule has 0 amide bonds. The molecular weight excluding hydrogens is 126 g/mol. The van der Waals surface area contributed by atoms with Crippen molar-refractivity contribution in [1.29, 1.82) is 0 Å². The van der Waals surface area contributed by atoms with Gasteiger partial charge in [0.15, 0.2) is 0 Å². The van der Waals surface area contributed by atoms with Gasteiger partial charge in [-0.15, -0.1) is 11.8 Å². The van der Waals surface area contributed by atoms with Crippen LogP contribution in [0.2, 0.25) is 0 Å². The molecule has 0 aliphatic heterocycles. The van der Waals surface area contributed by atoms with Gasteiger partial charge in [0.25, 0.3) is 0 Å². The van der Waals surface area contributed by atoms with Crippen LogP contribution in [0.3, 0.4) is 0 Å². The van der Waals surface area contributed by atoms with E-state index in [0.29, 0.717) is 0 Å². The normalized spacial score (nSPS) is 9.43. The van der Waals surface area contributed by atoms with Crippen LogP contribution < -0.4 is 5.32 Å². The summed E-state index contributed by atoms with van der Waals surface area (Å²) < 4.78 is 0. The maximum Gasteiger partial charge on any atom is 0.0423 e. The maximum atomic E-state index is 3.05. The fourth-order valence-electron chi connectivity index (χ4n) is 0.227. The van der Waals surface area contributed by atoms with Crippen LogP contribution in [0.5, 0.6) is 0 Å². The highest BCUT2D eigenvalue weighted by Crippen LogP contribution is 2.04. The molecule has 0 saturated heterocycles. The van der Waals surface area contributed by atoms with E-state index in [1.54, 1.807) is 0 Å². The molecule has 0 spiro atoms. The molecule has 0 atom stereocenters. The largest absolute Gasteiger partial charge is 0.311 e. The number of hydrogen-bond donors (Lipinski definition) is 1. The molecule has 0 saturated carbocycles. The minimum absolute atomic E-state index is 1.07.